The smallest absolute Gasteiger partial charge is 0.147 e. The molecule has 0 saturated heterocycles. The lowest BCUT2D eigenvalue weighted by Crippen LogP contribution is -2.27. The lowest BCUT2D eigenvalue weighted by Gasteiger charge is -2.14. The lowest BCUT2D eigenvalue weighted by molar-refractivity contribution is 0.514. The molecule has 0 aromatic carbocycles. The Morgan fingerprint density at radius 1 is 1.50 bits per heavy atom. The maximum Gasteiger partial charge on any atom is 0.147 e. The van der Waals surface area contributed by atoms with Crippen molar-refractivity contribution in [1.82, 2.24) is 5.32 Å². The molecule has 92 valence electrons. The summed E-state index contributed by atoms with van der Waals surface area (Å²) >= 11 is 1.75. The first-order valence-electron chi connectivity index (χ1n) is 5.38. The van der Waals surface area contributed by atoms with Crippen molar-refractivity contribution in [2.75, 3.05) is 19.1 Å². The van der Waals surface area contributed by atoms with Crippen LogP contribution in [0.3, 0.4) is 0 Å². The minimum atomic E-state index is -2.82. The second-order valence-electron chi connectivity index (χ2n) is 4.04. The number of rotatable bonds is 7. The molecule has 0 spiro atoms. The van der Waals surface area contributed by atoms with Crippen LogP contribution >= 0.6 is 11.3 Å². The zero-order chi connectivity index (χ0) is 12.0. The van der Waals surface area contributed by atoms with Crippen molar-refractivity contribution in [3.05, 3.63) is 22.4 Å². The van der Waals surface area contributed by atoms with Crippen molar-refractivity contribution in [1.29, 1.82) is 0 Å². The van der Waals surface area contributed by atoms with E-state index in [9.17, 15) is 8.42 Å². The molecule has 0 amide bonds. The molecule has 0 radical (unpaired) electrons. The molecule has 1 N–H and O–H groups in total. The van der Waals surface area contributed by atoms with Gasteiger partial charge in [0, 0.05) is 22.9 Å². The van der Waals surface area contributed by atoms with Gasteiger partial charge in [0.1, 0.15) is 9.84 Å². The molecule has 1 unspecified atom stereocenters. The molecule has 0 aliphatic carbocycles. The Morgan fingerprint density at radius 3 is 2.75 bits per heavy atom. The highest BCUT2D eigenvalue weighted by Gasteiger charge is 2.09. The van der Waals surface area contributed by atoms with Crippen LogP contribution in [0.1, 0.15) is 17.7 Å². The topological polar surface area (TPSA) is 46.2 Å². The van der Waals surface area contributed by atoms with Gasteiger partial charge in [0.25, 0.3) is 0 Å². The maximum absolute atomic E-state index is 11.0. The third-order valence-electron chi connectivity index (χ3n) is 2.50. The summed E-state index contributed by atoms with van der Waals surface area (Å²) < 4.78 is 22.0. The van der Waals surface area contributed by atoms with E-state index >= 15 is 0 Å². The van der Waals surface area contributed by atoms with Gasteiger partial charge in [0.05, 0.1) is 0 Å². The average molecular weight is 261 g/mol. The highest BCUT2D eigenvalue weighted by Crippen LogP contribution is 2.13. The third-order valence-corrected chi connectivity index (χ3v) is 4.43. The second-order valence-corrected chi connectivity index (χ2v) is 7.33. The van der Waals surface area contributed by atoms with Crippen molar-refractivity contribution < 1.29 is 8.42 Å². The molecule has 0 aliphatic heterocycles. The molecule has 0 fully saturated rings. The van der Waals surface area contributed by atoms with E-state index < -0.39 is 9.84 Å². The molecule has 1 atom stereocenters. The molecule has 1 heterocycles. The summed E-state index contributed by atoms with van der Waals surface area (Å²) in [5.41, 5.74) is 0. The summed E-state index contributed by atoms with van der Waals surface area (Å²) in [7, 11) is -0.886. The van der Waals surface area contributed by atoms with Crippen molar-refractivity contribution in [2.24, 2.45) is 0 Å². The third kappa shape index (κ3) is 5.63. The van der Waals surface area contributed by atoms with Crippen molar-refractivity contribution in [2.45, 2.75) is 25.3 Å². The maximum atomic E-state index is 11.0. The van der Waals surface area contributed by atoms with Crippen molar-refractivity contribution >= 4 is 21.2 Å². The van der Waals surface area contributed by atoms with Gasteiger partial charge < -0.3 is 5.32 Å². The molecule has 0 aliphatic rings. The van der Waals surface area contributed by atoms with Crippen molar-refractivity contribution in [3.63, 3.8) is 0 Å². The first-order chi connectivity index (χ1) is 7.51. The first-order valence-corrected chi connectivity index (χ1v) is 8.32. The SMILES string of the molecule is CNC(CCCS(C)(=O)=O)Cc1cccs1. The Labute approximate surface area is 102 Å². The Morgan fingerprint density at radius 2 is 2.25 bits per heavy atom. The number of hydrogen-bond donors (Lipinski definition) is 1. The molecule has 0 saturated carbocycles. The first kappa shape index (κ1) is 13.7. The molecule has 3 nitrogen and oxygen atoms in total. The fraction of sp³-hybridized carbons (Fsp3) is 0.636. The van der Waals surface area contributed by atoms with Gasteiger partial charge in [0.2, 0.25) is 0 Å². The van der Waals surface area contributed by atoms with Crippen LogP contribution in [0.5, 0.6) is 0 Å². The largest absolute Gasteiger partial charge is 0.317 e. The number of hydrogen-bond acceptors (Lipinski definition) is 4. The van der Waals surface area contributed by atoms with Crippen LogP contribution in [-0.4, -0.2) is 33.5 Å². The van der Waals surface area contributed by atoms with Crippen LogP contribution < -0.4 is 5.32 Å². The van der Waals surface area contributed by atoms with Gasteiger partial charge in [-0.15, -0.1) is 11.3 Å². The van der Waals surface area contributed by atoms with Crippen LogP contribution in [0.15, 0.2) is 17.5 Å². The molecular weight excluding hydrogens is 242 g/mol. The predicted molar refractivity (Wildman–Crippen MR) is 69.8 cm³/mol. The summed E-state index contributed by atoms with van der Waals surface area (Å²) in [6, 6.07) is 4.54. The quantitative estimate of drug-likeness (QED) is 0.812. The second kappa shape index (κ2) is 6.37. The van der Waals surface area contributed by atoms with Crippen LogP contribution in [0, 0.1) is 0 Å². The predicted octanol–water partition coefficient (Wildman–Crippen LogP) is 1.70. The van der Waals surface area contributed by atoms with Crippen LogP contribution in [0.2, 0.25) is 0 Å². The van der Waals surface area contributed by atoms with Crippen molar-refractivity contribution in [3.8, 4) is 0 Å². The van der Waals surface area contributed by atoms with E-state index in [1.807, 2.05) is 13.1 Å². The van der Waals surface area contributed by atoms with Crippen LogP contribution in [0.25, 0.3) is 0 Å². The Hall–Kier alpha value is -0.390. The van der Waals surface area contributed by atoms with E-state index in [2.05, 4.69) is 16.8 Å². The normalized spacial score (nSPS) is 13.9. The Balaban J connectivity index is 2.32. The number of likely N-dealkylation sites (N-methyl/N-ethyl adjacent to an activating group) is 1. The summed E-state index contributed by atoms with van der Waals surface area (Å²) in [4.78, 5) is 1.35. The van der Waals surface area contributed by atoms with E-state index in [0.717, 1.165) is 19.3 Å². The zero-order valence-corrected chi connectivity index (χ0v) is 11.4. The van der Waals surface area contributed by atoms with E-state index in [1.165, 1.54) is 11.1 Å². The van der Waals surface area contributed by atoms with Gasteiger partial charge in [-0.1, -0.05) is 6.07 Å². The molecule has 5 heteroatoms. The van der Waals surface area contributed by atoms with Gasteiger partial charge in [0.15, 0.2) is 0 Å². The number of sulfone groups is 1. The summed E-state index contributed by atoms with van der Waals surface area (Å²) in [6.07, 6.45) is 3.91. The number of nitrogens with one attached hydrogen (secondary N) is 1. The molecule has 0 bridgehead atoms. The van der Waals surface area contributed by atoms with Crippen LogP contribution in [0.4, 0.5) is 0 Å². The van der Waals surface area contributed by atoms with E-state index in [1.54, 1.807) is 11.3 Å². The Kier molecular flexibility index (Phi) is 5.44. The van der Waals surface area contributed by atoms with Gasteiger partial charge in [-0.05, 0) is 37.8 Å². The molecule has 1 aromatic heterocycles. The van der Waals surface area contributed by atoms with Gasteiger partial charge >= 0.3 is 0 Å². The molecular formula is C11H19NO2S2. The van der Waals surface area contributed by atoms with Gasteiger partial charge in [-0.2, -0.15) is 0 Å². The summed E-state index contributed by atoms with van der Waals surface area (Å²) in [5, 5.41) is 5.31. The Bertz CT molecular complexity index is 384. The standard InChI is InChI=1S/C11H19NO2S2/c1-12-10(5-4-8-16(2,13)14)9-11-6-3-7-15-11/h3,6-7,10,12H,4-5,8-9H2,1-2H3. The minimum Gasteiger partial charge on any atom is -0.317 e. The lowest BCUT2D eigenvalue weighted by atomic mass is 10.1. The monoisotopic (exact) mass is 261 g/mol. The van der Waals surface area contributed by atoms with Gasteiger partial charge in [-0.25, -0.2) is 8.42 Å². The highest BCUT2D eigenvalue weighted by atomic mass is 32.2. The number of thiophene rings is 1. The highest BCUT2D eigenvalue weighted by molar-refractivity contribution is 7.90. The van der Waals surface area contributed by atoms with Crippen LogP contribution in [-0.2, 0) is 16.3 Å². The molecule has 16 heavy (non-hydrogen) atoms. The van der Waals surface area contributed by atoms with E-state index in [-0.39, 0.29) is 5.75 Å². The average Bonchev–Trinajstić information content (AvgIpc) is 2.67. The van der Waals surface area contributed by atoms with E-state index in [4.69, 9.17) is 0 Å². The summed E-state index contributed by atoms with van der Waals surface area (Å²) in [5.74, 6) is 0.287. The molecule has 1 rings (SSSR count). The fourth-order valence-corrected chi connectivity index (χ4v) is 3.09. The zero-order valence-electron chi connectivity index (χ0n) is 9.77. The van der Waals surface area contributed by atoms with Gasteiger partial charge in [-0.3, -0.25) is 0 Å². The fourth-order valence-electron chi connectivity index (χ4n) is 1.61. The summed E-state index contributed by atoms with van der Waals surface area (Å²) in [6.45, 7) is 0. The van der Waals surface area contributed by atoms with E-state index in [0.29, 0.717) is 6.04 Å². The minimum absolute atomic E-state index is 0.287. The molecule has 1 aromatic rings.